The van der Waals surface area contributed by atoms with Gasteiger partial charge in [-0.25, -0.2) is 65.9 Å². The molecule has 0 heterocycles. The molecular weight excluding hydrogens is 3350 g/mol. The van der Waals surface area contributed by atoms with Crippen molar-refractivity contribution >= 4 is 73.7 Å². The van der Waals surface area contributed by atoms with Crippen molar-refractivity contribution in [2.24, 2.45) is 228 Å². The summed E-state index contributed by atoms with van der Waals surface area (Å²) in [4.78, 5) is 0. The average Bonchev–Trinajstić information content (AvgIpc) is 1.51. The maximum atomic E-state index is 12.7. The number of hydrogen-bond donors (Lipinski definition) is 5. The number of aliphatic hydroxyl groups excluding tert-OH is 5. The first-order chi connectivity index (χ1) is 65.1. The largest absolute Gasteiger partial charge is 0.554 e. The van der Waals surface area contributed by atoms with Gasteiger partial charge in [-0.05, 0) is 360 Å². The van der Waals surface area contributed by atoms with Crippen molar-refractivity contribution in [1.29, 1.82) is 0 Å². The van der Waals surface area contributed by atoms with E-state index in [0.717, 1.165) is 177 Å². The molecule has 20 fully saturated rings. The van der Waals surface area contributed by atoms with Crippen molar-refractivity contribution in [3.63, 3.8) is 0 Å². The molecule has 0 saturated heterocycles. The maximum absolute atomic E-state index is 12.7. The normalized spacial score (nSPS) is 42.1. The van der Waals surface area contributed by atoms with Crippen LogP contribution in [0.5, 0.6) is 0 Å². The molecule has 20 aliphatic carbocycles. The van der Waals surface area contributed by atoms with E-state index in [4.69, 9.17) is 73.1 Å². The van der Waals surface area contributed by atoms with Crippen molar-refractivity contribution in [3.05, 3.63) is 30.5 Å². The molecule has 842 valence electrons. The molecule has 20 bridgehead atoms. The molecule has 0 aliphatic heterocycles. The van der Waals surface area contributed by atoms with Crippen molar-refractivity contribution in [1.82, 2.24) is 0 Å². The topological polar surface area (TPSA) is 184 Å². The summed E-state index contributed by atoms with van der Waals surface area (Å²) in [5.41, 5.74) is 0.691. The predicted molar refractivity (Wildman–Crippen MR) is 533 cm³/mol. The van der Waals surface area contributed by atoms with E-state index in [1.165, 1.54) is 70.6 Å². The van der Waals surface area contributed by atoms with E-state index in [2.05, 4.69) is 95.4 Å². The molecule has 39 atom stereocenters. The van der Waals surface area contributed by atoms with E-state index < -0.39 is 102 Å². The second-order valence-electron chi connectivity index (χ2n) is 51.7. The third-order valence-electron chi connectivity index (χ3n) is 42.0. The molecule has 0 spiro atoms. The van der Waals surface area contributed by atoms with Gasteiger partial charge in [-0.3, -0.25) is 0 Å². The molecular formula is C105H177Cl3F15O14Rf5Si5-5. The second-order valence-corrected chi connectivity index (χ2v) is 76.3. The van der Waals surface area contributed by atoms with Crippen LogP contribution in [0.2, 0.25) is 52.4 Å². The number of rotatable bonds is 22. The number of halogens is 18. The van der Waals surface area contributed by atoms with Gasteiger partial charge >= 0.3 is 32.4 Å². The van der Waals surface area contributed by atoms with Crippen molar-refractivity contribution in [2.45, 2.75) is 340 Å². The fourth-order valence-corrected chi connectivity index (χ4v) is 40.4. The van der Waals surface area contributed by atoms with Gasteiger partial charge in [-0.15, -0.1) is 65.3 Å². The first-order valence-corrected chi connectivity index (χ1v) is 69.7. The van der Waals surface area contributed by atoms with Gasteiger partial charge in [0.2, 0.25) is 0 Å². The molecule has 20 rings (SSSR count). The Morgan fingerprint density at radius 2 is 0.490 bits per heavy atom. The van der Waals surface area contributed by atoms with E-state index in [1.807, 2.05) is 40.4 Å². The summed E-state index contributed by atoms with van der Waals surface area (Å²) in [5, 5.41) is 47.0. The number of hydrogen-bond acceptors (Lipinski definition) is 14. The maximum Gasteiger partial charge on any atom is 0.497 e. The Balaban J connectivity index is 0.000000257. The molecule has 0 amide bonds. The summed E-state index contributed by atoms with van der Waals surface area (Å²) in [6.07, 6.45) is -5.52. The molecule has 42 heteroatoms. The standard InChI is InChI=1S/5C17H24F3O.C7H18O3Si.2C4H12O3Si.C4H12Si.CH3Cl3Si.5Rf/c2*1-7-8(2)12-6-11(7)15-10-3-9(13(4-10)16(12)15)5-14(21)17(18,19)20;3*1-15-7-11(6-12(21)17(18,19)20)16(2,8-15)14-10-4-3-9(5-10)13(14)15;1-5-8-11(4,9-6-2)10-7-3;2*1-5-8(4,6-2)7-3;2*1-5(2,3)4;;;;;/h2*7-13,15-16,21H,3-6H2,1-2H3;3*9-11,13-14,21H,3-8H2,1-2H3;5-7H2,1-4H3;2*1-4H3;1-4H3;1H3;;;;;/q5*-1;;;;;;;;;;. The minimum absolute atomic E-state index is 0. The summed E-state index contributed by atoms with van der Waals surface area (Å²) in [6.45, 7) is 47.3. The van der Waals surface area contributed by atoms with E-state index in [-0.39, 0.29) is 94.2 Å². The fraction of sp³-hybridized carbons (Fsp3) is 0.952. The Bertz CT molecular complexity index is 3720. The Morgan fingerprint density at radius 3 is 0.680 bits per heavy atom. The van der Waals surface area contributed by atoms with Crippen LogP contribution in [0.15, 0.2) is 0 Å². The number of alkyl halides is 15. The molecule has 20 saturated carbocycles. The zero-order chi connectivity index (χ0) is 107. The van der Waals surface area contributed by atoms with E-state index in [1.54, 1.807) is 49.2 Å². The minimum atomic E-state index is -4.55. The van der Waals surface area contributed by atoms with Gasteiger partial charge in [-0.2, -0.15) is 0 Å². The molecule has 5 N–H and O–H groups in total. The van der Waals surface area contributed by atoms with Crippen LogP contribution >= 0.6 is 33.2 Å². The number of fused-ring (bicyclic) bond motifs is 45. The SMILES string of the molecule is CC12CC(C[C-](O)C(F)(F)F)C(C)(C1)C1C3CCC(C3)C12.CC12CC(C[C-](O)C(F)(F)F)C(C)(C1)C1C3CCC(C3)C12.CC12CC(C[C-](O)C(F)(F)F)C(C)(C1)C1C3CCC(C3)C12.CC1C(C)C2CC1C1C3CC(C[C-](O)C(F)(F)F)C(C3)C21.CC1C(C)C2CC1C1C3CC(C[C-](O)C(F)(F)F)C(C3)C21.CCO[Si](C)(OCC)OCC.CO[Si](C)(OC)OC.CO[Si](C)(OC)OC.C[Si](C)(C)C.C[Si](Cl)(Cl)Cl.[Rf].[Rf].[Rf].[Rf].[Rf]. The Labute approximate surface area is 860 Å². The summed E-state index contributed by atoms with van der Waals surface area (Å²) in [5.74, 6) is 20.1. The zero-order valence-electron chi connectivity index (χ0n) is 93.3. The zero-order valence-corrected chi connectivity index (χ0v) is 133. The number of aliphatic hydroxyl groups is 5. The Hall–Kier alpha value is -4.66. The van der Waals surface area contributed by atoms with Gasteiger partial charge < -0.3 is 65.4 Å². The van der Waals surface area contributed by atoms with Crippen LogP contribution < -0.4 is 0 Å². The van der Waals surface area contributed by atoms with Gasteiger partial charge in [0.1, 0.15) is 0 Å². The van der Waals surface area contributed by atoms with Crippen LogP contribution in [0, 0.1) is 258 Å². The summed E-state index contributed by atoms with van der Waals surface area (Å²) >= 11 is 15.6. The van der Waals surface area contributed by atoms with Crippen molar-refractivity contribution in [3.8, 4) is 0 Å². The van der Waals surface area contributed by atoms with Crippen LogP contribution in [0.1, 0.15) is 257 Å². The predicted octanol–water partition coefficient (Wildman–Crippen LogP) is 31.0. The van der Waals surface area contributed by atoms with Crippen molar-refractivity contribution in [2.75, 3.05) is 62.5 Å². The average molecular weight is 3530 g/mol. The first kappa shape index (κ1) is 131. The summed E-state index contributed by atoms with van der Waals surface area (Å²) in [6, 6.07) is -2.19. The van der Waals surface area contributed by atoms with Gasteiger partial charge in [0.25, 0.3) is 30.9 Å². The fourth-order valence-electron chi connectivity index (χ4n) is 37.6. The third kappa shape index (κ3) is 26.6. The monoisotopic (exact) mass is 3530 g/mol. The first-order valence-electron chi connectivity index (χ1n) is 53.5. The van der Waals surface area contributed by atoms with Crippen LogP contribution in [-0.4, -0.2) is 159 Å². The van der Waals surface area contributed by atoms with Gasteiger partial charge in [0, 0.05) is 90.2 Å². The molecule has 147 heavy (non-hydrogen) atoms. The van der Waals surface area contributed by atoms with Crippen LogP contribution in [0.3, 0.4) is 0 Å². The summed E-state index contributed by atoms with van der Waals surface area (Å²) < 4.78 is 236. The molecule has 39 unspecified atom stereocenters. The molecule has 0 aromatic carbocycles. The molecule has 20 aliphatic rings. The van der Waals surface area contributed by atoms with Gasteiger partial charge in [0.15, 0.2) is 0 Å². The second kappa shape index (κ2) is 47.0. The van der Waals surface area contributed by atoms with Crippen LogP contribution in [0.4, 0.5) is 65.9 Å². The Kier molecular flexibility index (Phi) is 41.9. The quantitative estimate of drug-likeness (QED) is 0.0227. The molecule has 0 radical (unpaired) electrons. The van der Waals surface area contributed by atoms with E-state index in [0.29, 0.717) is 73.1 Å². The van der Waals surface area contributed by atoms with Crippen LogP contribution in [-0.2, 0) is 39.8 Å². The Morgan fingerprint density at radius 1 is 0.293 bits per heavy atom. The van der Waals surface area contributed by atoms with E-state index in [9.17, 15) is 91.4 Å². The van der Waals surface area contributed by atoms with Crippen LogP contribution in [0.25, 0.3) is 0 Å². The smallest absolute Gasteiger partial charge is 0.497 e. The third-order valence-corrected chi connectivity index (χ3v) is 48.9. The minimum Gasteiger partial charge on any atom is -0.554 e. The van der Waals surface area contributed by atoms with Gasteiger partial charge in [0.05, 0.1) is 0 Å². The van der Waals surface area contributed by atoms with Gasteiger partial charge in [-0.1, -0.05) is 156 Å². The molecule has 0 aromatic rings. The molecule has 0 aromatic heterocycles. The van der Waals surface area contributed by atoms with E-state index >= 15 is 0 Å². The summed E-state index contributed by atoms with van der Waals surface area (Å²) in [7, 11) is 2.29. The molecule has 14 nitrogen and oxygen atoms in total. The van der Waals surface area contributed by atoms with Crippen molar-refractivity contribution < 1.29 is 131 Å².